The first kappa shape index (κ1) is 40.6. The predicted molar refractivity (Wildman–Crippen MR) is 189 cm³/mol. The van der Waals surface area contributed by atoms with Gasteiger partial charge in [-0.15, -0.1) is 0 Å². The second kappa shape index (κ2) is 15.1. The van der Waals surface area contributed by atoms with Crippen LogP contribution in [-0.4, -0.2) is 123 Å². The molecule has 12 heteroatoms. The Bertz CT molecular complexity index is 1290. The summed E-state index contributed by atoms with van der Waals surface area (Å²) in [5, 5.41) is 73.9. The molecule has 2 saturated heterocycles. The van der Waals surface area contributed by atoms with Crippen molar-refractivity contribution in [3.05, 3.63) is 11.6 Å². The molecule has 12 nitrogen and oxygen atoms in total. The van der Waals surface area contributed by atoms with Crippen LogP contribution < -0.4 is 0 Å². The molecule has 0 spiro atoms. The molecule has 6 fully saturated rings. The molecule has 0 amide bonds. The zero-order chi connectivity index (χ0) is 38.0. The molecule has 52 heavy (non-hydrogen) atoms. The van der Waals surface area contributed by atoms with Crippen LogP contribution in [-0.2, 0) is 23.7 Å². The lowest BCUT2D eigenvalue weighted by Gasteiger charge is -2.69. The van der Waals surface area contributed by atoms with Crippen molar-refractivity contribution in [1.82, 2.24) is 0 Å². The zero-order valence-electron chi connectivity index (χ0n) is 32.0. The standard InChI is InChI=1S/C40H66O12/c1-21(2)8-7-9-24(43)22-12-15-38(5)23(22)10-11-28-39(38,6)16-13-27-37(3,4)29(14-17-40(27,28)20-42)51-36-34(30(45)25(44)19-49-36)52-35-33(48)32(47)31(46)26(18-41)50-35/h8,20,22-36,41,43-48H,7,9-19H2,1-6H3/t22-,23+,24+,25-,26+,27+,28-,29+,30-,31+,32-,33+,34+,35-,36+,38+,39+,40-/m0/s1. The van der Waals surface area contributed by atoms with Crippen molar-refractivity contribution in [3.8, 4) is 0 Å². The molecule has 0 radical (unpaired) electrons. The smallest absolute Gasteiger partial charge is 0.187 e. The fourth-order valence-electron chi connectivity index (χ4n) is 12.5. The normalized spacial score (nSPS) is 50.7. The van der Waals surface area contributed by atoms with Gasteiger partial charge in [0.25, 0.3) is 0 Å². The third-order valence-corrected chi connectivity index (χ3v) is 15.6. The van der Waals surface area contributed by atoms with Gasteiger partial charge in [-0.3, -0.25) is 0 Å². The van der Waals surface area contributed by atoms with Crippen LogP contribution in [0.15, 0.2) is 11.6 Å². The lowest BCUT2D eigenvalue weighted by Crippen LogP contribution is -2.66. The average Bonchev–Trinajstić information content (AvgIpc) is 3.46. The van der Waals surface area contributed by atoms with Gasteiger partial charge < -0.3 is 59.5 Å². The molecule has 2 heterocycles. The van der Waals surface area contributed by atoms with E-state index in [-0.39, 0.29) is 41.3 Å². The Hall–Kier alpha value is -1.03. The summed E-state index contributed by atoms with van der Waals surface area (Å²) in [7, 11) is 0. The summed E-state index contributed by atoms with van der Waals surface area (Å²) < 4.78 is 24.1. The summed E-state index contributed by atoms with van der Waals surface area (Å²) in [6, 6.07) is 0. The van der Waals surface area contributed by atoms with Crippen LogP contribution in [0.25, 0.3) is 0 Å². The molecule has 0 aromatic carbocycles. The van der Waals surface area contributed by atoms with Gasteiger partial charge in [0.05, 0.1) is 25.4 Å². The molecular weight excluding hydrogens is 672 g/mol. The fourth-order valence-corrected chi connectivity index (χ4v) is 12.5. The summed E-state index contributed by atoms with van der Waals surface area (Å²) >= 11 is 0. The largest absolute Gasteiger partial charge is 0.394 e. The highest BCUT2D eigenvalue weighted by atomic mass is 16.8. The number of hydrogen-bond acceptors (Lipinski definition) is 12. The van der Waals surface area contributed by atoms with E-state index >= 15 is 0 Å². The van der Waals surface area contributed by atoms with Crippen molar-refractivity contribution < 1.29 is 59.5 Å². The van der Waals surface area contributed by atoms with Crippen molar-refractivity contribution in [2.75, 3.05) is 13.2 Å². The monoisotopic (exact) mass is 738 g/mol. The number of carbonyl (C=O) groups is 1. The number of ether oxygens (including phenoxy) is 4. The van der Waals surface area contributed by atoms with Gasteiger partial charge in [0, 0.05) is 5.41 Å². The maximum absolute atomic E-state index is 13.6. The SMILES string of the molecule is CC(C)=CCC[C@@H](O)[C@H]1CC[C@]2(C)[C@@H]1CC[C@@H]1[C@]3(C=O)CC[C@@H](O[C@H]4OC[C@H](O)[C@H](O)[C@H]4O[C@@H]4O[C@H](CO)[C@@H](O)[C@H](O)[C@H]4O)C(C)(C)[C@H]3CC[C@]12C. The summed E-state index contributed by atoms with van der Waals surface area (Å²) in [6.45, 7) is 12.5. The van der Waals surface area contributed by atoms with Gasteiger partial charge in [-0.05, 0) is 118 Å². The zero-order valence-corrected chi connectivity index (χ0v) is 32.0. The van der Waals surface area contributed by atoms with E-state index in [9.17, 15) is 40.5 Å². The minimum absolute atomic E-state index is 0.0188. The van der Waals surface area contributed by atoms with Crippen molar-refractivity contribution in [1.29, 1.82) is 0 Å². The number of aliphatic hydroxyl groups is 7. The molecule has 4 saturated carbocycles. The minimum Gasteiger partial charge on any atom is -0.394 e. The summed E-state index contributed by atoms with van der Waals surface area (Å²) in [5.74, 6) is 0.922. The van der Waals surface area contributed by atoms with Gasteiger partial charge in [0.1, 0.15) is 49.0 Å². The molecule has 4 aliphatic carbocycles. The van der Waals surface area contributed by atoms with Gasteiger partial charge in [-0.25, -0.2) is 0 Å². The highest BCUT2D eigenvalue weighted by molar-refractivity contribution is 5.62. The molecular formula is C40H66O12. The predicted octanol–water partition coefficient (Wildman–Crippen LogP) is 2.61. The number of hydrogen-bond donors (Lipinski definition) is 7. The second-order valence-corrected chi connectivity index (χ2v) is 18.6. The van der Waals surface area contributed by atoms with Crippen LogP contribution >= 0.6 is 0 Å². The number of carbonyl (C=O) groups excluding carboxylic acids is 1. The molecule has 298 valence electrons. The van der Waals surface area contributed by atoms with Crippen LogP contribution in [0.2, 0.25) is 0 Å². The first-order valence-corrected chi connectivity index (χ1v) is 19.8. The summed E-state index contributed by atoms with van der Waals surface area (Å²) in [5.41, 5.74) is 0.218. The van der Waals surface area contributed by atoms with Crippen molar-refractivity contribution in [2.45, 2.75) is 173 Å². The number of rotatable bonds is 10. The first-order chi connectivity index (χ1) is 24.5. The van der Waals surface area contributed by atoms with E-state index < -0.39 is 78.8 Å². The Labute approximate surface area is 308 Å². The van der Waals surface area contributed by atoms with Crippen molar-refractivity contribution >= 4 is 6.29 Å². The quantitative estimate of drug-likeness (QED) is 0.0986. The molecule has 18 atom stereocenters. The molecule has 0 aromatic rings. The molecule has 6 aliphatic rings. The minimum atomic E-state index is -1.71. The number of allylic oxidation sites excluding steroid dienone is 2. The second-order valence-electron chi connectivity index (χ2n) is 18.6. The number of fused-ring (bicyclic) bond motifs is 5. The van der Waals surface area contributed by atoms with E-state index in [4.69, 9.17) is 18.9 Å². The van der Waals surface area contributed by atoms with Gasteiger partial charge in [0.15, 0.2) is 12.6 Å². The van der Waals surface area contributed by atoms with Crippen LogP contribution in [0.3, 0.4) is 0 Å². The van der Waals surface area contributed by atoms with E-state index in [2.05, 4.69) is 47.6 Å². The van der Waals surface area contributed by atoms with Gasteiger partial charge >= 0.3 is 0 Å². The molecule has 0 bridgehead atoms. The van der Waals surface area contributed by atoms with Crippen LogP contribution in [0.5, 0.6) is 0 Å². The molecule has 6 rings (SSSR count). The maximum atomic E-state index is 13.6. The summed E-state index contributed by atoms with van der Waals surface area (Å²) in [6.07, 6.45) is -1.55. The van der Waals surface area contributed by atoms with Gasteiger partial charge in [-0.1, -0.05) is 39.3 Å². The molecule has 2 aliphatic heterocycles. The van der Waals surface area contributed by atoms with E-state index in [0.717, 1.165) is 51.4 Å². The van der Waals surface area contributed by atoms with E-state index in [1.54, 1.807) is 0 Å². The third kappa shape index (κ3) is 6.57. The fraction of sp³-hybridized carbons (Fsp3) is 0.925. The van der Waals surface area contributed by atoms with Gasteiger partial charge in [0.2, 0.25) is 0 Å². The molecule has 7 N–H and O–H groups in total. The molecule has 0 aromatic heterocycles. The lowest BCUT2D eigenvalue weighted by atomic mass is 9.35. The highest BCUT2D eigenvalue weighted by Crippen LogP contribution is 2.75. The lowest BCUT2D eigenvalue weighted by molar-refractivity contribution is -0.367. The van der Waals surface area contributed by atoms with Crippen molar-refractivity contribution in [3.63, 3.8) is 0 Å². The Morgan fingerprint density at radius 3 is 2.21 bits per heavy atom. The maximum Gasteiger partial charge on any atom is 0.187 e. The van der Waals surface area contributed by atoms with E-state index in [1.165, 1.54) is 11.9 Å². The van der Waals surface area contributed by atoms with Crippen LogP contribution in [0.4, 0.5) is 0 Å². The Morgan fingerprint density at radius 2 is 1.54 bits per heavy atom. The topological polar surface area (TPSA) is 196 Å². The van der Waals surface area contributed by atoms with Crippen LogP contribution in [0.1, 0.15) is 106 Å². The Balaban J connectivity index is 1.20. The Kier molecular flexibility index (Phi) is 11.8. The Morgan fingerprint density at radius 1 is 0.827 bits per heavy atom. The van der Waals surface area contributed by atoms with Crippen LogP contribution in [0, 0.1) is 45.3 Å². The highest BCUT2D eigenvalue weighted by Gasteiger charge is 2.70. The number of aliphatic hydroxyl groups excluding tert-OH is 7. The third-order valence-electron chi connectivity index (χ3n) is 15.6. The molecule has 0 unspecified atom stereocenters. The first-order valence-electron chi connectivity index (χ1n) is 19.8. The summed E-state index contributed by atoms with van der Waals surface area (Å²) in [4.78, 5) is 13.6. The van der Waals surface area contributed by atoms with Crippen molar-refractivity contribution in [2.24, 2.45) is 45.3 Å². The van der Waals surface area contributed by atoms with E-state index in [0.29, 0.717) is 18.8 Å². The van der Waals surface area contributed by atoms with E-state index in [1.807, 2.05) is 0 Å². The van der Waals surface area contributed by atoms with Gasteiger partial charge in [-0.2, -0.15) is 0 Å². The average molecular weight is 739 g/mol. The number of aldehydes is 1.